The third-order valence-electron chi connectivity index (χ3n) is 6.80. The molecular weight excluding hydrogens is 474 g/mol. The van der Waals surface area contributed by atoms with Gasteiger partial charge in [0.25, 0.3) is 0 Å². The van der Waals surface area contributed by atoms with E-state index in [0.29, 0.717) is 0 Å². The predicted molar refractivity (Wildman–Crippen MR) is 167 cm³/mol. The maximum atomic E-state index is 6.57. The minimum atomic E-state index is 0.740. The molecule has 6 aromatic carbocycles. The Morgan fingerprint density at radius 2 is 0.795 bits per heavy atom. The molecule has 3 nitrogen and oxygen atoms in total. The molecule has 0 saturated carbocycles. The van der Waals surface area contributed by atoms with Gasteiger partial charge in [0.15, 0.2) is 0 Å². The van der Waals surface area contributed by atoms with Gasteiger partial charge in [0.05, 0.1) is 0 Å². The molecule has 0 spiro atoms. The second kappa shape index (κ2) is 11.0. The van der Waals surface area contributed by atoms with Crippen LogP contribution in [0.4, 0.5) is 28.4 Å². The maximum absolute atomic E-state index is 6.57. The Morgan fingerprint density at radius 3 is 1.33 bits per heavy atom. The first kappa shape index (κ1) is 24.1. The lowest BCUT2D eigenvalue weighted by atomic mass is 9.95. The van der Waals surface area contributed by atoms with Gasteiger partial charge in [0.2, 0.25) is 0 Å². The number of nitrogen functional groups attached to an aromatic ring is 1. The molecule has 0 radical (unpaired) electrons. The molecule has 0 atom stereocenters. The zero-order valence-electron chi connectivity index (χ0n) is 21.5. The Kier molecular flexibility index (Phi) is 6.79. The molecule has 6 aromatic rings. The standard InChI is InChI=1S/C36H29N3/c37-35-25-36(34(29-12-6-2-7-13-29)24-33(35)28-10-4-1-5-11-28)39-32-22-18-27(19-23-32)26-16-20-31(21-17-26)38-30-14-8-3-9-15-30/h1-25,38-39H,37H2. The highest BCUT2D eigenvalue weighted by molar-refractivity contribution is 5.91. The van der Waals surface area contributed by atoms with E-state index in [1.165, 1.54) is 5.56 Å². The van der Waals surface area contributed by atoms with Crippen LogP contribution >= 0.6 is 0 Å². The fourth-order valence-electron chi connectivity index (χ4n) is 4.78. The number of anilines is 5. The highest BCUT2D eigenvalue weighted by atomic mass is 14.9. The van der Waals surface area contributed by atoms with E-state index in [1.807, 2.05) is 48.5 Å². The number of hydrogen-bond acceptors (Lipinski definition) is 3. The summed E-state index contributed by atoms with van der Waals surface area (Å²) in [5.41, 5.74) is 18.1. The van der Waals surface area contributed by atoms with Crippen LogP contribution in [0.5, 0.6) is 0 Å². The van der Waals surface area contributed by atoms with Crippen molar-refractivity contribution in [2.45, 2.75) is 0 Å². The largest absolute Gasteiger partial charge is 0.398 e. The number of benzene rings is 6. The van der Waals surface area contributed by atoms with E-state index in [0.717, 1.165) is 56.3 Å². The van der Waals surface area contributed by atoms with Crippen LogP contribution in [-0.2, 0) is 0 Å². The van der Waals surface area contributed by atoms with Gasteiger partial charge in [-0.15, -0.1) is 0 Å². The fourth-order valence-corrected chi connectivity index (χ4v) is 4.78. The van der Waals surface area contributed by atoms with Gasteiger partial charge in [-0.25, -0.2) is 0 Å². The fraction of sp³-hybridized carbons (Fsp3) is 0. The zero-order valence-corrected chi connectivity index (χ0v) is 21.5. The third kappa shape index (κ3) is 5.53. The molecule has 188 valence electrons. The molecule has 0 saturated heterocycles. The normalized spacial score (nSPS) is 10.7. The molecule has 0 unspecified atom stereocenters. The van der Waals surface area contributed by atoms with Crippen LogP contribution in [0.2, 0.25) is 0 Å². The summed E-state index contributed by atoms with van der Waals surface area (Å²) in [4.78, 5) is 0. The first-order chi connectivity index (χ1) is 19.2. The summed E-state index contributed by atoms with van der Waals surface area (Å²) in [6, 6.07) is 52.1. The second-order valence-electron chi connectivity index (χ2n) is 9.49. The topological polar surface area (TPSA) is 50.1 Å². The summed E-state index contributed by atoms with van der Waals surface area (Å²) in [7, 11) is 0. The van der Waals surface area contributed by atoms with E-state index in [2.05, 4.69) is 114 Å². The second-order valence-corrected chi connectivity index (χ2v) is 9.49. The molecule has 4 N–H and O–H groups in total. The molecule has 0 aromatic heterocycles. The van der Waals surface area contributed by atoms with Gasteiger partial charge in [0, 0.05) is 39.6 Å². The van der Waals surface area contributed by atoms with Crippen LogP contribution in [-0.4, -0.2) is 0 Å². The lowest BCUT2D eigenvalue weighted by Gasteiger charge is -2.17. The van der Waals surface area contributed by atoms with Crippen LogP contribution < -0.4 is 16.4 Å². The number of para-hydroxylation sites is 1. The number of hydrogen-bond donors (Lipinski definition) is 3. The number of rotatable bonds is 7. The lowest BCUT2D eigenvalue weighted by molar-refractivity contribution is 1.51. The van der Waals surface area contributed by atoms with Crippen molar-refractivity contribution in [1.82, 2.24) is 0 Å². The van der Waals surface area contributed by atoms with E-state index < -0.39 is 0 Å². The molecule has 0 aliphatic heterocycles. The highest BCUT2D eigenvalue weighted by Crippen LogP contribution is 2.38. The van der Waals surface area contributed by atoms with Crippen LogP contribution in [0.3, 0.4) is 0 Å². The van der Waals surface area contributed by atoms with Gasteiger partial charge in [-0.2, -0.15) is 0 Å². The van der Waals surface area contributed by atoms with Crippen LogP contribution in [0, 0.1) is 0 Å². The number of nitrogens with two attached hydrogens (primary N) is 1. The molecule has 0 bridgehead atoms. The van der Waals surface area contributed by atoms with Gasteiger partial charge >= 0.3 is 0 Å². The van der Waals surface area contributed by atoms with E-state index in [9.17, 15) is 0 Å². The summed E-state index contributed by atoms with van der Waals surface area (Å²) in [6.45, 7) is 0. The minimum Gasteiger partial charge on any atom is -0.398 e. The monoisotopic (exact) mass is 503 g/mol. The van der Waals surface area contributed by atoms with Crippen molar-refractivity contribution in [2.24, 2.45) is 0 Å². The first-order valence-corrected chi connectivity index (χ1v) is 13.1. The van der Waals surface area contributed by atoms with Gasteiger partial charge in [-0.05, 0) is 70.8 Å². The number of nitrogens with one attached hydrogen (secondary N) is 2. The van der Waals surface area contributed by atoms with Crippen LogP contribution in [0.15, 0.2) is 152 Å². The summed E-state index contributed by atoms with van der Waals surface area (Å²) in [6.07, 6.45) is 0. The average molecular weight is 504 g/mol. The molecular formula is C36H29N3. The van der Waals surface area contributed by atoms with Crippen molar-refractivity contribution in [3.8, 4) is 33.4 Å². The summed E-state index contributed by atoms with van der Waals surface area (Å²) in [5.74, 6) is 0. The SMILES string of the molecule is Nc1cc(Nc2ccc(-c3ccc(Nc4ccccc4)cc3)cc2)c(-c2ccccc2)cc1-c1ccccc1. The lowest BCUT2D eigenvalue weighted by Crippen LogP contribution is -1.98. The van der Waals surface area contributed by atoms with Gasteiger partial charge < -0.3 is 16.4 Å². The van der Waals surface area contributed by atoms with Crippen molar-refractivity contribution in [3.05, 3.63) is 152 Å². The van der Waals surface area contributed by atoms with Gasteiger partial charge in [-0.1, -0.05) is 103 Å². The van der Waals surface area contributed by atoms with Crippen molar-refractivity contribution in [2.75, 3.05) is 16.4 Å². The maximum Gasteiger partial charge on any atom is 0.0485 e. The quantitative estimate of drug-likeness (QED) is 0.190. The molecule has 0 aliphatic rings. The highest BCUT2D eigenvalue weighted by Gasteiger charge is 2.12. The Bertz CT molecular complexity index is 1660. The molecule has 6 rings (SSSR count). The van der Waals surface area contributed by atoms with Crippen LogP contribution in [0.25, 0.3) is 33.4 Å². The van der Waals surface area contributed by atoms with Crippen molar-refractivity contribution in [1.29, 1.82) is 0 Å². The minimum absolute atomic E-state index is 0.740. The Labute approximate surface area is 229 Å². The summed E-state index contributed by atoms with van der Waals surface area (Å²) in [5, 5.41) is 7.05. The van der Waals surface area contributed by atoms with E-state index >= 15 is 0 Å². The molecule has 0 heterocycles. The average Bonchev–Trinajstić information content (AvgIpc) is 3.00. The summed E-state index contributed by atoms with van der Waals surface area (Å²) < 4.78 is 0. The van der Waals surface area contributed by atoms with E-state index in [1.54, 1.807) is 0 Å². The van der Waals surface area contributed by atoms with Crippen molar-refractivity contribution >= 4 is 28.4 Å². The molecule has 0 fully saturated rings. The van der Waals surface area contributed by atoms with Crippen molar-refractivity contribution < 1.29 is 0 Å². The summed E-state index contributed by atoms with van der Waals surface area (Å²) >= 11 is 0. The zero-order chi connectivity index (χ0) is 26.4. The molecule has 0 aliphatic carbocycles. The van der Waals surface area contributed by atoms with E-state index in [-0.39, 0.29) is 0 Å². The Hall–Kier alpha value is -5.28. The third-order valence-corrected chi connectivity index (χ3v) is 6.80. The van der Waals surface area contributed by atoms with Gasteiger partial charge in [0.1, 0.15) is 0 Å². The molecule has 0 amide bonds. The first-order valence-electron chi connectivity index (χ1n) is 13.1. The Morgan fingerprint density at radius 1 is 0.359 bits per heavy atom. The Balaban J connectivity index is 1.26. The van der Waals surface area contributed by atoms with Crippen molar-refractivity contribution in [3.63, 3.8) is 0 Å². The molecule has 3 heteroatoms. The smallest absolute Gasteiger partial charge is 0.0485 e. The predicted octanol–water partition coefficient (Wildman–Crippen LogP) is 9.76. The van der Waals surface area contributed by atoms with E-state index in [4.69, 9.17) is 5.73 Å². The molecule has 39 heavy (non-hydrogen) atoms. The van der Waals surface area contributed by atoms with Gasteiger partial charge in [-0.3, -0.25) is 0 Å². The van der Waals surface area contributed by atoms with Crippen LogP contribution in [0.1, 0.15) is 0 Å².